The summed E-state index contributed by atoms with van der Waals surface area (Å²) < 4.78 is 0. The number of nitrogens with one attached hydrogen (secondary N) is 2. The summed E-state index contributed by atoms with van der Waals surface area (Å²) in [6.45, 7) is 0.270. The smallest absolute Gasteiger partial charge is 0.325 e. The van der Waals surface area contributed by atoms with Crippen molar-refractivity contribution in [3.05, 3.63) is 11.6 Å². The van der Waals surface area contributed by atoms with Gasteiger partial charge in [-0.1, -0.05) is 11.6 Å². The topological polar surface area (TPSA) is 119 Å². The average molecular weight is 364 g/mol. The first-order chi connectivity index (χ1) is 12.4. The lowest BCUT2D eigenvalue weighted by Crippen LogP contribution is -2.56. The minimum Gasteiger partial charge on any atom is -0.389 e. The summed E-state index contributed by atoms with van der Waals surface area (Å²) in [7, 11) is 0. The highest BCUT2D eigenvalue weighted by atomic mass is 16.3. The zero-order chi connectivity index (χ0) is 18.7. The van der Waals surface area contributed by atoms with Crippen molar-refractivity contribution < 1.29 is 24.3 Å². The molecule has 3 aliphatic rings. The number of allylic oxidation sites excluding steroid dienone is 1. The van der Waals surface area contributed by atoms with E-state index in [0.29, 0.717) is 19.4 Å². The SMILES string of the molecule is O=C1CN(CC(=O)N[C@@H]2CCN(C(=O)CC3=CCCC3)C[C@H]2O)C(=O)N1. The fraction of sp³-hybridized carbons (Fsp3) is 0.647. The van der Waals surface area contributed by atoms with Gasteiger partial charge < -0.3 is 20.2 Å². The molecule has 0 radical (unpaired) electrons. The first kappa shape index (κ1) is 18.4. The maximum absolute atomic E-state index is 12.3. The average Bonchev–Trinajstić information content (AvgIpc) is 3.19. The summed E-state index contributed by atoms with van der Waals surface area (Å²) in [5.41, 5.74) is 1.17. The van der Waals surface area contributed by atoms with Crippen LogP contribution in [0.5, 0.6) is 0 Å². The zero-order valence-electron chi connectivity index (χ0n) is 14.6. The van der Waals surface area contributed by atoms with Crippen LogP contribution in [0.25, 0.3) is 0 Å². The van der Waals surface area contributed by atoms with Gasteiger partial charge in [0.25, 0.3) is 0 Å². The van der Waals surface area contributed by atoms with Gasteiger partial charge in [0.15, 0.2) is 0 Å². The molecule has 1 aliphatic carbocycles. The number of aliphatic hydroxyl groups is 1. The quantitative estimate of drug-likeness (QED) is 0.432. The monoisotopic (exact) mass is 364 g/mol. The van der Waals surface area contributed by atoms with E-state index in [4.69, 9.17) is 0 Å². The Labute approximate surface area is 151 Å². The fourth-order valence-corrected chi connectivity index (χ4v) is 3.57. The number of carbonyl (C=O) groups excluding carboxylic acids is 4. The second-order valence-electron chi connectivity index (χ2n) is 7.01. The summed E-state index contributed by atoms with van der Waals surface area (Å²) in [5.74, 6) is -0.865. The lowest BCUT2D eigenvalue weighted by atomic mass is 10.0. The number of nitrogens with zero attached hydrogens (tertiary/aromatic N) is 2. The van der Waals surface area contributed by atoms with Crippen LogP contribution in [-0.4, -0.2) is 77.0 Å². The van der Waals surface area contributed by atoms with Crippen molar-refractivity contribution in [3.63, 3.8) is 0 Å². The van der Waals surface area contributed by atoms with Gasteiger partial charge in [-0.15, -0.1) is 0 Å². The molecule has 9 nitrogen and oxygen atoms in total. The Balaban J connectivity index is 1.44. The van der Waals surface area contributed by atoms with E-state index in [9.17, 15) is 24.3 Å². The minimum atomic E-state index is -0.858. The molecule has 0 unspecified atom stereocenters. The molecular weight excluding hydrogens is 340 g/mol. The van der Waals surface area contributed by atoms with E-state index in [-0.39, 0.29) is 25.5 Å². The van der Waals surface area contributed by atoms with Crippen LogP contribution in [-0.2, 0) is 14.4 Å². The molecule has 5 amide bonds. The van der Waals surface area contributed by atoms with Crippen LogP contribution >= 0.6 is 0 Å². The van der Waals surface area contributed by atoms with Gasteiger partial charge in [-0.25, -0.2) is 4.79 Å². The Kier molecular flexibility index (Phi) is 5.55. The fourth-order valence-electron chi connectivity index (χ4n) is 3.57. The van der Waals surface area contributed by atoms with E-state index >= 15 is 0 Å². The number of hydrogen-bond acceptors (Lipinski definition) is 5. The maximum atomic E-state index is 12.3. The van der Waals surface area contributed by atoms with Crippen molar-refractivity contribution in [1.82, 2.24) is 20.4 Å². The number of piperidine rings is 1. The van der Waals surface area contributed by atoms with E-state index in [1.807, 2.05) is 0 Å². The summed E-state index contributed by atoms with van der Waals surface area (Å²) in [4.78, 5) is 49.7. The molecule has 0 saturated carbocycles. The van der Waals surface area contributed by atoms with Crippen LogP contribution in [0, 0.1) is 0 Å². The van der Waals surface area contributed by atoms with Crippen molar-refractivity contribution in [2.24, 2.45) is 0 Å². The first-order valence-electron chi connectivity index (χ1n) is 8.94. The van der Waals surface area contributed by atoms with Gasteiger partial charge in [0.1, 0.15) is 13.1 Å². The van der Waals surface area contributed by atoms with E-state index in [1.165, 1.54) is 5.57 Å². The highest BCUT2D eigenvalue weighted by molar-refractivity contribution is 6.03. The van der Waals surface area contributed by atoms with Crippen LogP contribution < -0.4 is 10.6 Å². The molecule has 0 aromatic heterocycles. The Bertz CT molecular complexity index is 647. The van der Waals surface area contributed by atoms with E-state index in [1.54, 1.807) is 4.90 Å². The van der Waals surface area contributed by atoms with Gasteiger partial charge in [-0.3, -0.25) is 19.7 Å². The van der Waals surface area contributed by atoms with Crippen molar-refractivity contribution in [2.45, 2.75) is 44.2 Å². The largest absolute Gasteiger partial charge is 0.389 e. The predicted molar refractivity (Wildman–Crippen MR) is 90.8 cm³/mol. The Morgan fingerprint density at radius 1 is 1.35 bits per heavy atom. The van der Waals surface area contributed by atoms with E-state index < -0.39 is 30.0 Å². The number of hydrogen-bond donors (Lipinski definition) is 3. The standard InChI is InChI=1S/C17H24N4O5/c22-13-8-20(16(25)7-11-3-1-2-4-11)6-5-12(13)18-14(23)9-21-10-15(24)19-17(21)26/h3,12-13,22H,1-2,4-10H2,(H,18,23)(H,19,24,26)/t12-,13-/m1/s1. The van der Waals surface area contributed by atoms with Gasteiger partial charge in [-0.05, 0) is 25.7 Å². The van der Waals surface area contributed by atoms with Gasteiger partial charge in [0, 0.05) is 19.5 Å². The lowest BCUT2D eigenvalue weighted by Gasteiger charge is -2.36. The molecule has 3 rings (SSSR count). The van der Waals surface area contributed by atoms with E-state index in [2.05, 4.69) is 16.7 Å². The van der Waals surface area contributed by atoms with Crippen molar-refractivity contribution >= 4 is 23.8 Å². The molecule has 2 heterocycles. The second-order valence-corrected chi connectivity index (χ2v) is 7.01. The molecule has 2 aliphatic heterocycles. The molecule has 3 N–H and O–H groups in total. The third-order valence-corrected chi connectivity index (χ3v) is 5.00. The van der Waals surface area contributed by atoms with Crippen molar-refractivity contribution in [3.8, 4) is 0 Å². The summed E-state index contributed by atoms with van der Waals surface area (Å²) in [6.07, 6.45) is 5.20. The molecule has 9 heteroatoms. The molecule has 142 valence electrons. The molecule has 0 spiro atoms. The minimum absolute atomic E-state index is 0.00854. The Morgan fingerprint density at radius 3 is 2.77 bits per heavy atom. The third kappa shape index (κ3) is 4.40. The van der Waals surface area contributed by atoms with Crippen molar-refractivity contribution in [1.29, 1.82) is 0 Å². The van der Waals surface area contributed by atoms with Crippen molar-refractivity contribution in [2.75, 3.05) is 26.2 Å². The van der Waals surface area contributed by atoms with Crippen LogP contribution in [0.2, 0.25) is 0 Å². The normalized spacial score (nSPS) is 26.0. The number of imide groups is 1. The highest BCUT2D eigenvalue weighted by Crippen LogP contribution is 2.22. The molecule has 0 aromatic carbocycles. The number of carbonyl (C=O) groups is 4. The Morgan fingerprint density at radius 2 is 2.15 bits per heavy atom. The van der Waals surface area contributed by atoms with Crippen LogP contribution in [0.1, 0.15) is 32.1 Å². The number of β-amino-alcohol motifs (C(OH)–C–C–N with tert-alkyl or cyclic N) is 1. The maximum Gasteiger partial charge on any atom is 0.325 e. The molecule has 2 atom stereocenters. The van der Waals surface area contributed by atoms with Crippen LogP contribution in [0.15, 0.2) is 11.6 Å². The first-order valence-corrected chi connectivity index (χ1v) is 8.94. The number of rotatable bonds is 5. The lowest BCUT2D eigenvalue weighted by molar-refractivity contribution is -0.134. The van der Waals surface area contributed by atoms with E-state index in [0.717, 1.165) is 24.2 Å². The summed E-state index contributed by atoms with van der Waals surface area (Å²) >= 11 is 0. The number of amides is 5. The van der Waals surface area contributed by atoms with Crippen LogP contribution in [0.4, 0.5) is 4.79 Å². The molecular formula is C17H24N4O5. The van der Waals surface area contributed by atoms with Gasteiger partial charge in [0.2, 0.25) is 17.7 Å². The Hall–Kier alpha value is -2.42. The molecule has 2 saturated heterocycles. The summed E-state index contributed by atoms with van der Waals surface area (Å²) in [5, 5.41) is 15.1. The number of aliphatic hydroxyl groups excluding tert-OH is 1. The van der Waals surface area contributed by atoms with Gasteiger partial charge in [0.05, 0.1) is 12.1 Å². The number of likely N-dealkylation sites (tertiary alicyclic amines) is 1. The van der Waals surface area contributed by atoms with Gasteiger partial charge >= 0.3 is 6.03 Å². The molecule has 26 heavy (non-hydrogen) atoms. The van der Waals surface area contributed by atoms with Crippen LogP contribution in [0.3, 0.4) is 0 Å². The second kappa shape index (κ2) is 7.86. The predicted octanol–water partition coefficient (Wildman–Crippen LogP) is -0.883. The molecule has 2 fully saturated rings. The third-order valence-electron chi connectivity index (χ3n) is 5.00. The van der Waals surface area contributed by atoms with Gasteiger partial charge in [-0.2, -0.15) is 0 Å². The zero-order valence-corrected chi connectivity index (χ0v) is 14.6. The summed E-state index contributed by atoms with van der Waals surface area (Å²) in [6, 6.07) is -1.06. The molecule has 0 aromatic rings. The number of urea groups is 1. The highest BCUT2D eigenvalue weighted by Gasteiger charge is 2.33. The molecule has 0 bridgehead atoms.